The Morgan fingerprint density at radius 3 is 1.70 bits per heavy atom. The largest absolute Gasteiger partial charge is 0.310 e. The van der Waals surface area contributed by atoms with Crippen molar-refractivity contribution in [3.8, 4) is 22.3 Å². The fourth-order valence-electron chi connectivity index (χ4n) is 9.91. The van der Waals surface area contributed by atoms with Crippen molar-refractivity contribution in [3.63, 3.8) is 0 Å². The molecule has 12 rings (SSSR count). The van der Waals surface area contributed by atoms with Crippen molar-refractivity contribution in [1.29, 1.82) is 0 Å². The van der Waals surface area contributed by atoms with E-state index in [-0.39, 0.29) is 5.41 Å². The van der Waals surface area contributed by atoms with Crippen LogP contribution in [0, 0.1) is 0 Å². The van der Waals surface area contributed by atoms with E-state index in [0.717, 1.165) is 22.7 Å². The van der Waals surface area contributed by atoms with Crippen molar-refractivity contribution in [3.05, 3.63) is 217 Å². The maximum Gasteiger partial charge on any atom is 0.0602 e. The molecule has 2 nitrogen and oxygen atoms in total. The van der Waals surface area contributed by atoms with Gasteiger partial charge in [-0.3, -0.25) is 0 Å². The first kappa shape index (κ1) is 34.9. The van der Waals surface area contributed by atoms with Crippen LogP contribution in [0.1, 0.15) is 25.0 Å². The molecule has 60 heavy (non-hydrogen) atoms. The Kier molecular flexibility index (Phi) is 7.85. The van der Waals surface area contributed by atoms with Crippen LogP contribution in [0.4, 0.5) is 34.1 Å². The summed E-state index contributed by atoms with van der Waals surface area (Å²) in [4.78, 5) is 7.34. The first-order valence-corrected chi connectivity index (χ1v) is 21.6. The zero-order chi connectivity index (χ0) is 40.0. The fourth-order valence-corrected chi connectivity index (χ4v) is 11.0. The van der Waals surface area contributed by atoms with Gasteiger partial charge in [-0.05, 0) is 138 Å². The van der Waals surface area contributed by atoms with E-state index >= 15 is 0 Å². The number of hydrogen-bond acceptors (Lipinski definition) is 3. The fraction of sp³-hybridized carbons (Fsp3) is 0.0526. The summed E-state index contributed by atoms with van der Waals surface area (Å²) < 4.78 is 0. The van der Waals surface area contributed by atoms with Crippen LogP contribution in [-0.2, 0) is 5.41 Å². The zero-order valence-corrected chi connectivity index (χ0v) is 34.2. The summed E-state index contributed by atoms with van der Waals surface area (Å²) in [5.41, 5.74) is 14.7. The van der Waals surface area contributed by atoms with E-state index in [4.69, 9.17) is 0 Å². The van der Waals surface area contributed by atoms with Gasteiger partial charge in [0.05, 0.1) is 11.4 Å². The molecule has 0 radical (unpaired) electrons. The van der Waals surface area contributed by atoms with Gasteiger partial charge in [0, 0.05) is 38.0 Å². The number of hydrogen-bond donors (Lipinski definition) is 0. The molecule has 2 aliphatic rings. The summed E-state index contributed by atoms with van der Waals surface area (Å²) in [5.74, 6) is 0. The first-order valence-electron chi connectivity index (χ1n) is 20.8. The molecule has 0 aromatic heterocycles. The summed E-state index contributed by atoms with van der Waals surface area (Å²) in [6.45, 7) is 4.73. The molecule has 284 valence electrons. The normalized spacial score (nSPS) is 13.5. The van der Waals surface area contributed by atoms with Gasteiger partial charge in [-0.2, -0.15) is 0 Å². The summed E-state index contributed by atoms with van der Waals surface area (Å²) in [5, 5.41) is 7.66. The molecule has 10 aromatic carbocycles. The highest BCUT2D eigenvalue weighted by Gasteiger charge is 2.36. The molecule has 0 N–H and O–H groups in total. The molecule has 0 fully saturated rings. The summed E-state index contributed by atoms with van der Waals surface area (Å²) in [6.07, 6.45) is 0. The molecule has 0 atom stereocenters. The number of benzene rings is 10. The average molecular weight is 785 g/mol. The summed E-state index contributed by atoms with van der Waals surface area (Å²) in [7, 11) is 0. The topological polar surface area (TPSA) is 6.48 Å². The molecule has 0 saturated heterocycles. The molecule has 1 aliphatic carbocycles. The van der Waals surface area contributed by atoms with Crippen molar-refractivity contribution in [2.75, 3.05) is 9.80 Å². The smallest absolute Gasteiger partial charge is 0.0602 e. The molecule has 0 unspecified atom stereocenters. The zero-order valence-electron chi connectivity index (χ0n) is 33.4. The van der Waals surface area contributed by atoms with E-state index in [0.29, 0.717) is 0 Å². The van der Waals surface area contributed by atoms with E-state index in [1.807, 2.05) is 11.8 Å². The number of anilines is 6. The number of rotatable bonds is 5. The molecule has 10 aromatic rings. The van der Waals surface area contributed by atoms with Gasteiger partial charge in [0.15, 0.2) is 0 Å². The Morgan fingerprint density at radius 2 is 0.933 bits per heavy atom. The minimum Gasteiger partial charge on any atom is -0.310 e. The lowest BCUT2D eigenvalue weighted by Gasteiger charge is -2.33. The Hall–Kier alpha value is -7.07. The van der Waals surface area contributed by atoms with E-state index in [9.17, 15) is 0 Å². The standard InChI is InChI=1S/C57H40N2S/c1-57(2)51-21-11-10-20-48(51)49-32-30-42(36-52(49)57)58(41-29-31-47-45-18-7-6-16-43(45)44-17-8-9-19-46(44)50(47)35-41)40-27-24-37(25-28-40)38-26-33-54-56(34-38)60-55-23-13-12-22-53(55)59(54)39-14-4-3-5-15-39/h3-36H,1-2H3. The highest BCUT2D eigenvalue weighted by Crippen LogP contribution is 2.53. The second kappa shape index (κ2) is 13.5. The second-order valence-corrected chi connectivity index (χ2v) is 17.6. The van der Waals surface area contributed by atoms with Crippen LogP contribution < -0.4 is 9.80 Å². The van der Waals surface area contributed by atoms with Crippen LogP contribution in [0.25, 0.3) is 54.6 Å². The number of para-hydroxylation sites is 2. The predicted octanol–water partition coefficient (Wildman–Crippen LogP) is 16.5. The second-order valence-electron chi connectivity index (χ2n) is 16.5. The highest BCUT2D eigenvalue weighted by atomic mass is 32.2. The molecular weight excluding hydrogens is 745 g/mol. The van der Waals surface area contributed by atoms with Crippen molar-refractivity contribution in [1.82, 2.24) is 0 Å². The number of fused-ring (bicyclic) bond motifs is 11. The molecule has 3 heteroatoms. The Labute approximate surface area is 355 Å². The predicted molar refractivity (Wildman–Crippen MR) is 255 cm³/mol. The molecule has 1 heterocycles. The van der Waals surface area contributed by atoms with Gasteiger partial charge in [-0.15, -0.1) is 0 Å². The lowest BCUT2D eigenvalue weighted by Crippen LogP contribution is -2.16. The minimum absolute atomic E-state index is 0.114. The third-order valence-electron chi connectivity index (χ3n) is 12.8. The van der Waals surface area contributed by atoms with Crippen LogP contribution in [0.2, 0.25) is 0 Å². The van der Waals surface area contributed by atoms with E-state index in [1.54, 1.807) is 0 Å². The van der Waals surface area contributed by atoms with Crippen LogP contribution in [0.15, 0.2) is 216 Å². The highest BCUT2D eigenvalue weighted by molar-refractivity contribution is 7.99. The van der Waals surface area contributed by atoms with Gasteiger partial charge in [-0.25, -0.2) is 0 Å². The Balaban J connectivity index is 0.994. The minimum atomic E-state index is -0.114. The monoisotopic (exact) mass is 784 g/mol. The maximum absolute atomic E-state index is 2.45. The summed E-state index contributed by atoms with van der Waals surface area (Å²) >= 11 is 1.85. The van der Waals surface area contributed by atoms with Gasteiger partial charge in [0.2, 0.25) is 0 Å². The first-order chi connectivity index (χ1) is 29.5. The third kappa shape index (κ3) is 5.36. The van der Waals surface area contributed by atoms with E-state index < -0.39 is 0 Å². The molecule has 0 spiro atoms. The maximum atomic E-state index is 2.45. The molecule has 0 saturated carbocycles. The van der Waals surface area contributed by atoms with E-state index in [1.165, 1.54) is 86.9 Å². The number of nitrogens with zero attached hydrogens (tertiary/aromatic N) is 2. The van der Waals surface area contributed by atoms with Gasteiger partial charge in [0.25, 0.3) is 0 Å². The molecule has 0 bridgehead atoms. The van der Waals surface area contributed by atoms with Crippen LogP contribution in [-0.4, -0.2) is 0 Å². The average Bonchev–Trinajstić information content (AvgIpc) is 3.53. The molecule has 0 amide bonds. The van der Waals surface area contributed by atoms with Gasteiger partial charge >= 0.3 is 0 Å². The third-order valence-corrected chi connectivity index (χ3v) is 13.9. The lowest BCUT2D eigenvalue weighted by molar-refractivity contribution is 0.660. The van der Waals surface area contributed by atoms with Crippen LogP contribution >= 0.6 is 11.8 Å². The van der Waals surface area contributed by atoms with E-state index in [2.05, 4.69) is 230 Å². The lowest BCUT2D eigenvalue weighted by atomic mass is 9.82. The van der Waals surface area contributed by atoms with Crippen LogP contribution in [0.3, 0.4) is 0 Å². The van der Waals surface area contributed by atoms with Gasteiger partial charge in [0.1, 0.15) is 0 Å². The van der Waals surface area contributed by atoms with Crippen molar-refractivity contribution in [2.24, 2.45) is 0 Å². The van der Waals surface area contributed by atoms with Gasteiger partial charge in [-0.1, -0.05) is 159 Å². The Morgan fingerprint density at radius 1 is 0.383 bits per heavy atom. The molecule has 1 aliphatic heterocycles. The van der Waals surface area contributed by atoms with Crippen molar-refractivity contribution >= 4 is 78.2 Å². The quantitative estimate of drug-likeness (QED) is 0.161. The van der Waals surface area contributed by atoms with Crippen molar-refractivity contribution in [2.45, 2.75) is 29.1 Å². The van der Waals surface area contributed by atoms with Crippen molar-refractivity contribution < 1.29 is 0 Å². The summed E-state index contributed by atoms with van der Waals surface area (Å²) in [6, 6.07) is 76.2. The van der Waals surface area contributed by atoms with Gasteiger partial charge < -0.3 is 9.80 Å². The van der Waals surface area contributed by atoms with Crippen LogP contribution in [0.5, 0.6) is 0 Å². The Bertz CT molecular complexity index is 3300. The molecular formula is C57H40N2S. The SMILES string of the molecule is CC1(C)c2ccccc2-c2ccc(N(c3ccc(-c4ccc5c(c4)Sc4ccccc4N5c4ccccc4)cc3)c3ccc4c5ccccc5c5ccccc5c4c3)cc21.